The molecular formula is C29H30P2. The van der Waals surface area contributed by atoms with E-state index in [-0.39, 0.29) is 5.41 Å². The first kappa shape index (κ1) is 22.0. The lowest BCUT2D eigenvalue weighted by atomic mass is 10.00. The Morgan fingerprint density at radius 3 is 0.839 bits per heavy atom. The van der Waals surface area contributed by atoms with Crippen molar-refractivity contribution < 1.29 is 0 Å². The smallest absolute Gasteiger partial charge is 0.0203 e. The van der Waals surface area contributed by atoms with Crippen LogP contribution in [-0.4, -0.2) is 5.40 Å². The van der Waals surface area contributed by atoms with E-state index in [1.54, 1.807) is 0 Å². The largest absolute Gasteiger partial charge is 0.0622 e. The molecule has 4 aromatic carbocycles. The lowest BCUT2D eigenvalue weighted by Gasteiger charge is -2.43. The maximum absolute atomic E-state index is 2.43. The molecule has 0 heterocycles. The van der Waals surface area contributed by atoms with Gasteiger partial charge in [-0.25, -0.2) is 0 Å². The molecular weight excluding hydrogens is 410 g/mol. The van der Waals surface area contributed by atoms with Crippen molar-refractivity contribution in [2.75, 3.05) is 0 Å². The fourth-order valence-electron chi connectivity index (χ4n) is 4.11. The number of benzene rings is 4. The zero-order chi connectivity index (χ0) is 21.7. The van der Waals surface area contributed by atoms with E-state index in [9.17, 15) is 0 Å². The Bertz CT molecular complexity index is 893. The SMILES string of the molecule is CC(C)(C)C(P(c1ccccc1)c1ccccc1)P(c1ccccc1)c1ccccc1. The van der Waals surface area contributed by atoms with Gasteiger partial charge in [0.15, 0.2) is 0 Å². The van der Waals surface area contributed by atoms with Gasteiger partial charge >= 0.3 is 0 Å². The van der Waals surface area contributed by atoms with E-state index >= 15 is 0 Å². The molecule has 0 nitrogen and oxygen atoms in total. The van der Waals surface area contributed by atoms with Gasteiger partial charge in [-0.1, -0.05) is 142 Å². The summed E-state index contributed by atoms with van der Waals surface area (Å²) in [6.45, 7) is 7.29. The van der Waals surface area contributed by atoms with E-state index in [1.807, 2.05) is 0 Å². The third-order valence-corrected chi connectivity index (χ3v) is 12.7. The van der Waals surface area contributed by atoms with Gasteiger partial charge in [0.1, 0.15) is 0 Å². The minimum atomic E-state index is -0.560. The van der Waals surface area contributed by atoms with E-state index in [0.29, 0.717) is 5.40 Å². The maximum atomic E-state index is 2.43. The van der Waals surface area contributed by atoms with Crippen LogP contribution in [0.1, 0.15) is 20.8 Å². The van der Waals surface area contributed by atoms with Gasteiger partial charge in [0.2, 0.25) is 0 Å². The standard InChI is InChI=1S/C29H30P2/c1-29(2,3)28(30(24-16-8-4-9-17-24)25-18-10-5-11-19-25)31(26-20-12-6-13-21-26)27-22-14-7-15-23-27/h4-23,28H,1-3H3. The van der Waals surface area contributed by atoms with Crippen molar-refractivity contribution in [1.29, 1.82) is 0 Å². The van der Waals surface area contributed by atoms with Gasteiger partial charge in [-0.3, -0.25) is 0 Å². The Kier molecular flexibility index (Phi) is 7.02. The molecule has 4 rings (SSSR count). The highest BCUT2D eigenvalue weighted by molar-refractivity contribution is 7.89. The molecule has 0 amide bonds. The lowest BCUT2D eigenvalue weighted by Crippen LogP contribution is -2.36. The molecule has 4 aromatic rings. The van der Waals surface area contributed by atoms with Crippen LogP contribution in [0, 0.1) is 5.41 Å². The average molecular weight is 441 g/mol. The van der Waals surface area contributed by atoms with Crippen molar-refractivity contribution in [2.24, 2.45) is 5.41 Å². The highest BCUT2D eigenvalue weighted by Crippen LogP contribution is 2.62. The van der Waals surface area contributed by atoms with E-state index < -0.39 is 15.8 Å². The molecule has 0 fully saturated rings. The van der Waals surface area contributed by atoms with Crippen molar-refractivity contribution in [1.82, 2.24) is 0 Å². The summed E-state index contributed by atoms with van der Waals surface area (Å²) in [7, 11) is -1.12. The van der Waals surface area contributed by atoms with Crippen molar-refractivity contribution in [3.8, 4) is 0 Å². The third kappa shape index (κ3) is 5.15. The zero-order valence-electron chi connectivity index (χ0n) is 18.5. The molecule has 0 bridgehead atoms. The monoisotopic (exact) mass is 440 g/mol. The van der Waals surface area contributed by atoms with Crippen molar-refractivity contribution in [3.63, 3.8) is 0 Å². The highest BCUT2D eigenvalue weighted by Gasteiger charge is 2.41. The van der Waals surface area contributed by atoms with Gasteiger partial charge in [0, 0.05) is 5.40 Å². The summed E-state index contributed by atoms with van der Waals surface area (Å²) in [6.07, 6.45) is 0. The molecule has 0 radical (unpaired) electrons. The molecule has 0 saturated heterocycles. The molecule has 0 unspecified atom stereocenters. The molecule has 0 atom stereocenters. The van der Waals surface area contributed by atoms with Crippen LogP contribution in [-0.2, 0) is 0 Å². The van der Waals surface area contributed by atoms with Crippen LogP contribution in [0.4, 0.5) is 0 Å². The zero-order valence-corrected chi connectivity index (χ0v) is 20.3. The molecule has 156 valence electrons. The van der Waals surface area contributed by atoms with Crippen LogP contribution in [0.3, 0.4) is 0 Å². The molecule has 0 aliphatic rings. The van der Waals surface area contributed by atoms with E-state index in [0.717, 1.165) is 0 Å². The molecule has 0 spiro atoms. The lowest BCUT2D eigenvalue weighted by molar-refractivity contribution is 0.454. The summed E-state index contributed by atoms with van der Waals surface area (Å²) in [5.74, 6) is 0. The molecule has 31 heavy (non-hydrogen) atoms. The summed E-state index contributed by atoms with van der Waals surface area (Å²) < 4.78 is 0. The van der Waals surface area contributed by atoms with Gasteiger partial charge in [0.05, 0.1) is 0 Å². The maximum Gasteiger partial charge on any atom is 0.0203 e. The first-order valence-electron chi connectivity index (χ1n) is 10.8. The molecule has 0 aliphatic heterocycles. The number of rotatable bonds is 6. The van der Waals surface area contributed by atoms with Gasteiger partial charge in [-0.05, 0) is 42.5 Å². The first-order valence-corrected chi connectivity index (χ1v) is 13.7. The summed E-state index contributed by atoms with van der Waals surface area (Å²) in [5.41, 5.74) is 0.134. The van der Waals surface area contributed by atoms with E-state index in [4.69, 9.17) is 0 Å². The predicted octanol–water partition coefficient (Wildman–Crippen LogP) is 6.62. The predicted molar refractivity (Wildman–Crippen MR) is 141 cm³/mol. The van der Waals surface area contributed by atoms with Crippen LogP contribution >= 0.6 is 15.8 Å². The van der Waals surface area contributed by atoms with Crippen LogP contribution in [0.5, 0.6) is 0 Å². The molecule has 0 aromatic heterocycles. The van der Waals surface area contributed by atoms with Gasteiger partial charge in [0.25, 0.3) is 0 Å². The second-order valence-electron chi connectivity index (χ2n) is 8.82. The Balaban J connectivity index is 1.97. The number of hydrogen-bond donors (Lipinski definition) is 0. The minimum Gasteiger partial charge on any atom is -0.0622 e. The van der Waals surface area contributed by atoms with Crippen molar-refractivity contribution in [2.45, 2.75) is 26.2 Å². The first-order chi connectivity index (χ1) is 15.1. The Morgan fingerprint density at radius 2 is 0.645 bits per heavy atom. The van der Waals surface area contributed by atoms with Crippen LogP contribution in [0.2, 0.25) is 0 Å². The second kappa shape index (κ2) is 9.91. The molecule has 2 heteroatoms. The Morgan fingerprint density at radius 1 is 0.419 bits per heavy atom. The normalized spacial score (nSPS) is 11.9. The Hall–Kier alpha value is -2.26. The van der Waals surface area contributed by atoms with E-state index in [2.05, 4.69) is 142 Å². The fraction of sp³-hybridized carbons (Fsp3) is 0.172. The van der Waals surface area contributed by atoms with Gasteiger partial charge < -0.3 is 0 Å². The summed E-state index contributed by atoms with van der Waals surface area (Å²) in [5, 5.41) is 6.34. The van der Waals surface area contributed by atoms with Crippen molar-refractivity contribution in [3.05, 3.63) is 121 Å². The summed E-state index contributed by atoms with van der Waals surface area (Å²) >= 11 is 0. The van der Waals surface area contributed by atoms with Crippen LogP contribution < -0.4 is 21.2 Å². The van der Waals surface area contributed by atoms with E-state index in [1.165, 1.54) is 21.2 Å². The quantitative estimate of drug-likeness (QED) is 0.296. The summed E-state index contributed by atoms with van der Waals surface area (Å²) in [6, 6.07) is 44.8. The third-order valence-electron chi connectivity index (χ3n) is 5.40. The van der Waals surface area contributed by atoms with Gasteiger partial charge in [-0.2, -0.15) is 0 Å². The Labute approximate surface area is 189 Å². The van der Waals surface area contributed by atoms with Crippen LogP contribution in [0.25, 0.3) is 0 Å². The van der Waals surface area contributed by atoms with Crippen LogP contribution in [0.15, 0.2) is 121 Å². The fourth-order valence-corrected chi connectivity index (χ4v) is 11.9. The molecule has 0 aliphatic carbocycles. The average Bonchev–Trinajstić information content (AvgIpc) is 2.81. The number of hydrogen-bond acceptors (Lipinski definition) is 0. The van der Waals surface area contributed by atoms with Crippen molar-refractivity contribution >= 4 is 37.1 Å². The molecule has 0 N–H and O–H groups in total. The highest BCUT2D eigenvalue weighted by atomic mass is 31.2. The second-order valence-corrected chi connectivity index (χ2v) is 13.8. The minimum absolute atomic E-state index is 0.134. The molecule has 0 saturated carbocycles. The van der Waals surface area contributed by atoms with Gasteiger partial charge in [-0.15, -0.1) is 0 Å². The summed E-state index contributed by atoms with van der Waals surface area (Å²) in [4.78, 5) is 0. The topological polar surface area (TPSA) is 0 Å².